The lowest BCUT2D eigenvalue weighted by Crippen LogP contribution is -2.42. The van der Waals surface area contributed by atoms with Crippen LogP contribution in [0.3, 0.4) is 0 Å². The molecule has 1 aromatic carbocycles. The molecule has 3 aromatic rings. The molecule has 3 heterocycles. The van der Waals surface area contributed by atoms with E-state index in [2.05, 4.69) is 15.6 Å². The van der Waals surface area contributed by atoms with Crippen molar-refractivity contribution in [2.24, 2.45) is 0 Å². The lowest BCUT2D eigenvalue weighted by atomic mass is 10.2. The average molecular weight is 394 g/mol. The van der Waals surface area contributed by atoms with Gasteiger partial charge in [-0.1, -0.05) is 12.1 Å². The molecule has 0 aliphatic carbocycles. The van der Waals surface area contributed by atoms with Crippen LogP contribution in [0.4, 0.5) is 10.5 Å². The fraction of sp³-hybridized carbons (Fsp3) is 0.286. The molecule has 0 saturated heterocycles. The van der Waals surface area contributed by atoms with E-state index in [0.29, 0.717) is 35.7 Å². The van der Waals surface area contributed by atoms with E-state index in [-0.39, 0.29) is 23.8 Å². The highest BCUT2D eigenvalue weighted by atomic mass is 16.6. The van der Waals surface area contributed by atoms with E-state index in [1.54, 1.807) is 18.3 Å². The molecule has 1 aliphatic heterocycles. The minimum atomic E-state index is -0.480. The third-order valence-corrected chi connectivity index (χ3v) is 4.71. The van der Waals surface area contributed by atoms with Gasteiger partial charge in [-0.2, -0.15) is 0 Å². The van der Waals surface area contributed by atoms with E-state index in [1.807, 2.05) is 42.7 Å². The van der Waals surface area contributed by atoms with E-state index in [0.717, 1.165) is 5.69 Å². The predicted octanol–water partition coefficient (Wildman–Crippen LogP) is 2.69. The van der Waals surface area contributed by atoms with Crippen molar-refractivity contribution >= 4 is 22.8 Å². The number of ether oxygens (including phenoxy) is 2. The van der Waals surface area contributed by atoms with Gasteiger partial charge in [0.25, 0.3) is 0 Å². The number of anilines is 1. The minimum Gasteiger partial charge on any atom is -0.486 e. The summed E-state index contributed by atoms with van der Waals surface area (Å²) < 4.78 is 13.3. The molecular weight excluding hydrogens is 372 g/mol. The monoisotopic (exact) mass is 394 g/mol. The summed E-state index contributed by atoms with van der Waals surface area (Å²) in [5.41, 5.74) is 1.37. The largest absolute Gasteiger partial charge is 0.486 e. The van der Waals surface area contributed by atoms with E-state index < -0.39 is 6.03 Å². The molecule has 150 valence electrons. The van der Waals surface area contributed by atoms with Gasteiger partial charge in [0.1, 0.15) is 17.9 Å². The molecule has 2 aromatic heterocycles. The molecule has 2 amide bonds. The Balaban J connectivity index is 1.45. The Kier molecular flexibility index (Phi) is 5.07. The molecule has 4 rings (SSSR count). The molecular formula is C21H22N4O4. The van der Waals surface area contributed by atoms with Gasteiger partial charge in [0.15, 0.2) is 17.6 Å². The number of hydrogen-bond donors (Lipinski definition) is 2. The number of fused-ring (bicyclic) bond motifs is 2. The number of carbonyl (C=O) groups is 1. The van der Waals surface area contributed by atoms with Gasteiger partial charge in [-0.25, -0.2) is 9.78 Å². The summed E-state index contributed by atoms with van der Waals surface area (Å²) in [4.78, 5) is 29.6. The number of benzene rings is 1. The Hall–Kier alpha value is -3.55. The Labute approximate surface area is 167 Å². The highest BCUT2D eigenvalue weighted by molar-refractivity contribution is 5.91. The second-order valence-corrected chi connectivity index (χ2v) is 6.81. The number of para-hydroxylation sites is 2. The third kappa shape index (κ3) is 3.87. The zero-order valence-electron chi connectivity index (χ0n) is 16.3. The number of hydrogen-bond acceptors (Lipinski definition) is 5. The van der Waals surface area contributed by atoms with Crippen molar-refractivity contribution in [2.75, 3.05) is 18.5 Å². The van der Waals surface area contributed by atoms with Crippen LogP contribution < -0.4 is 25.5 Å². The van der Waals surface area contributed by atoms with Gasteiger partial charge in [-0.15, -0.1) is 0 Å². The number of pyridine rings is 2. The van der Waals surface area contributed by atoms with Gasteiger partial charge in [0.2, 0.25) is 5.43 Å². The van der Waals surface area contributed by atoms with Crippen molar-refractivity contribution in [1.29, 1.82) is 0 Å². The van der Waals surface area contributed by atoms with Crippen LogP contribution in [0.2, 0.25) is 0 Å². The summed E-state index contributed by atoms with van der Waals surface area (Å²) in [7, 11) is 0. The minimum absolute atomic E-state index is 0.202. The molecule has 0 spiro atoms. The average Bonchev–Trinajstić information content (AvgIpc) is 2.74. The Bertz CT molecular complexity index is 1130. The van der Waals surface area contributed by atoms with Crippen LogP contribution in [-0.4, -0.2) is 34.8 Å². The van der Waals surface area contributed by atoms with Gasteiger partial charge < -0.3 is 24.7 Å². The molecule has 2 N–H and O–H groups in total. The molecule has 0 radical (unpaired) electrons. The Morgan fingerprint density at radius 3 is 2.83 bits per heavy atom. The van der Waals surface area contributed by atoms with Crippen molar-refractivity contribution in [2.45, 2.75) is 26.5 Å². The second-order valence-electron chi connectivity index (χ2n) is 6.81. The maximum atomic E-state index is 12.7. The van der Waals surface area contributed by atoms with Crippen molar-refractivity contribution < 1.29 is 14.3 Å². The number of aryl methyl sites for hydroxylation is 2. The SMILES string of the molecule is CCn1cc(NC(=O)NC[C@@H]2COc3ccccc3O2)c(=O)c2ccc(C)nc21. The van der Waals surface area contributed by atoms with E-state index >= 15 is 0 Å². The van der Waals surface area contributed by atoms with Gasteiger partial charge in [0, 0.05) is 18.4 Å². The number of amides is 2. The first-order chi connectivity index (χ1) is 14.0. The molecule has 1 atom stereocenters. The number of rotatable bonds is 4. The Morgan fingerprint density at radius 1 is 1.24 bits per heavy atom. The van der Waals surface area contributed by atoms with Gasteiger partial charge in [-0.3, -0.25) is 4.79 Å². The quantitative estimate of drug-likeness (QED) is 0.710. The van der Waals surface area contributed by atoms with Gasteiger partial charge >= 0.3 is 6.03 Å². The van der Waals surface area contributed by atoms with Crippen LogP contribution in [0.1, 0.15) is 12.6 Å². The van der Waals surface area contributed by atoms with E-state index in [9.17, 15) is 9.59 Å². The number of nitrogens with one attached hydrogen (secondary N) is 2. The predicted molar refractivity (Wildman–Crippen MR) is 110 cm³/mol. The van der Waals surface area contributed by atoms with Crippen LogP contribution in [0.5, 0.6) is 11.5 Å². The summed E-state index contributed by atoms with van der Waals surface area (Å²) in [6, 6.07) is 10.4. The van der Waals surface area contributed by atoms with Crippen LogP contribution in [0.25, 0.3) is 11.0 Å². The van der Waals surface area contributed by atoms with Crippen LogP contribution >= 0.6 is 0 Å². The summed E-state index contributed by atoms with van der Waals surface area (Å²) in [5.74, 6) is 1.34. The van der Waals surface area contributed by atoms with Crippen molar-refractivity contribution in [3.8, 4) is 11.5 Å². The molecule has 8 heteroatoms. The molecule has 0 unspecified atom stereocenters. The van der Waals surface area contributed by atoms with E-state index in [1.165, 1.54) is 0 Å². The fourth-order valence-electron chi connectivity index (χ4n) is 3.23. The number of carbonyl (C=O) groups excluding carboxylic acids is 1. The normalized spacial score (nSPS) is 15.2. The zero-order valence-corrected chi connectivity index (χ0v) is 16.3. The molecule has 29 heavy (non-hydrogen) atoms. The molecule has 1 aliphatic rings. The standard InChI is InChI=1S/C21H22N4O4/c1-3-25-11-16(19(26)15-9-8-13(2)23-20(15)25)24-21(27)22-10-14-12-28-17-6-4-5-7-18(17)29-14/h4-9,11,14H,3,10,12H2,1-2H3,(H2,22,24,27)/t14-/m1/s1. The molecule has 8 nitrogen and oxygen atoms in total. The first-order valence-corrected chi connectivity index (χ1v) is 9.49. The van der Waals surface area contributed by atoms with E-state index in [4.69, 9.17) is 9.47 Å². The van der Waals surface area contributed by atoms with Crippen molar-refractivity contribution in [3.05, 3.63) is 58.5 Å². The lowest BCUT2D eigenvalue weighted by Gasteiger charge is -2.26. The summed E-state index contributed by atoms with van der Waals surface area (Å²) in [5, 5.41) is 5.85. The van der Waals surface area contributed by atoms with Crippen LogP contribution in [0, 0.1) is 6.92 Å². The van der Waals surface area contributed by atoms with Crippen LogP contribution in [-0.2, 0) is 6.54 Å². The summed E-state index contributed by atoms with van der Waals surface area (Å²) in [6.07, 6.45) is 1.30. The number of urea groups is 1. The first-order valence-electron chi connectivity index (χ1n) is 9.49. The Morgan fingerprint density at radius 2 is 2.03 bits per heavy atom. The highest BCUT2D eigenvalue weighted by Crippen LogP contribution is 2.30. The lowest BCUT2D eigenvalue weighted by molar-refractivity contribution is 0.0922. The highest BCUT2D eigenvalue weighted by Gasteiger charge is 2.21. The smallest absolute Gasteiger partial charge is 0.319 e. The van der Waals surface area contributed by atoms with Gasteiger partial charge in [-0.05, 0) is 38.1 Å². The maximum Gasteiger partial charge on any atom is 0.319 e. The van der Waals surface area contributed by atoms with Crippen LogP contribution in [0.15, 0.2) is 47.4 Å². The molecule has 0 bridgehead atoms. The molecule has 0 fully saturated rings. The van der Waals surface area contributed by atoms with Gasteiger partial charge in [0.05, 0.1) is 11.9 Å². The zero-order chi connectivity index (χ0) is 20.4. The third-order valence-electron chi connectivity index (χ3n) is 4.71. The number of aromatic nitrogens is 2. The number of nitrogens with zero attached hydrogens (tertiary/aromatic N) is 2. The first kappa shape index (κ1) is 18.8. The fourth-order valence-corrected chi connectivity index (χ4v) is 3.23. The summed E-state index contributed by atoms with van der Waals surface area (Å²) in [6.45, 7) is 5.03. The van der Waals surface area contributed by atoms with Crippen molar-refractivity contribution in [3.63, 3.8) is 0 Å². The van der Waals surface area contributed by atoms with Crippen molar-refractivity contribution in [1.82, 2.24) is 14.9 Å². The maximum absolute atomic E-state index is 12.7. The summed E-state index contributed by atoms with van der Waals surface area (Å²) >= 11 is 0. The second kappa shape index (κ2) is 7.83. The molecule has 0 saturated carbocycles. The topological polar surface area (TPSA) is 94.5 Å².